The topological polar surface area (TPSA) is 80.8 Å². The molecule has 166 valence electrons. The Kier molecular flexibility index (Phi) is 24.3. The number of hydrogen-bond acceptors (Lipinski definition) is 4. The van der Waals surface area contributed by atoms with E-state index >= 15 is 0 Å². The molecule has 0 aromatic heterocycles. The summed E-state index contributed by atoms with van der Waals surface area (Å²) in [4.78, 5) is 23.4. The molecule has 0 bridgehead atoms. The molecule has 27 heavy (non-hydrogen) atoms. The maximum atomic E-state index is 11.7. The predicted octanol–water partition coefficient (Wildman–Crippen LogP) is 5.35. The average Bonchev–Trinajstić information content (AvgIpc) is 2.65. The predicted molar refractivity (Wildman–Crippen MR) is 108 cm³/mol. The molecule has 0 unspecified atom stereocenters. The van der Waals surface area contributed by atoms with E-state index in [-0.39, 0.29) is 27.9 Å². The van der Waals surface area contributed by atoms with E-state index in [9.17, 15) is 9.59 Å². The van der Waals surface area contributed by atoms with Crippen molar-refractivity contribution in [2.24, 2.45) is 0 Å². The van der Waals surface area contributed by atoms with Crippen LogP contribution in [0.4, 0.5) is 0 Å². The number of carbonyl (C=O) groups excluding carboxylic acids is 2. The van der Waals surface area contributed by atoms with Gasteiger partial charge in [-0.25, -0.2) is 0 Å². The molecule has 0 aromatic rings. The normalized spacial score (nSPS) is 12.7. The fourth-order valence-electron chi connectivity index (χ4n) is 1.94. The summed E-state index contributed by atoms with van der Waals surface area (Å²) in [7, 11) is 9.63. The van der Waals surface area contributed by atoms with Crippen LogP contribution < -0.4 is 0 Å². The van der Waals surface area contributed by atoms with E-state index in [1.54, 1.807) is 13.8 Å². The zero-order valence-electron chi connectivity index (χ0n) is 16.8. The van der Waals surface area contributed by atoms with Crippen molar-refractivity contribution in [1.29, 1.82) is 0 Å². The number of halogens is 2. The Morgan fingerprint density at radius 3 is 1.44 bits per heavy atom. The Balaban J connectivity index is 0. The summed E-state index contributed by atoms with van der Waals surface area (Å²) in [6.45, 7) is 9.35. The molecule has 0 saturated carbocycles. The van der Waals surface area contributed by atoms with E-state index in [4.69, 9.17) is 28.5 Å². The molecule has 0 amide bonds. The molecule has 2 atom stereocenters. The first-order valence-electron chi connectivity index (χ1n) is 9.43. The summed E-state index contributed by atoms with van der Waals surface area (Å²) in [5, 5.41) is 8.44. The summed E-state index contributed by atoms with van der Waals surface area (Å²) in [6, 6.07) is -0.976. The maximum absolute atomic E-state index is 11.7. The molecule has 0 spiro atoms. The molecule has 0 rings (SSSR count). The van der Waals surface area contributed by atoms with Gasteiger partial charge in [-0.05, 0) is 24.9 Å². The first-order chi connectivity index (χ1) is 12.9. The third-order valence-electron chi connectivity index (χ3n) is 3.57. The van der Waals surface area contributed by atoms with Crippen LogP contribution in [0, 0.1) is 0 Å². The Morgan fingerprint density at radius 2 is 1.15 bits per heavy atom. The van der Waals surface area contributed by atoms with Crippen molar-refractivity contribution in [2.45, 2.75) is 78.3 Å². The molecule has 0 fully saturated rings. The number of nitrogens with zero attached hydrogens (tertiary/aromatic N) is 2. The molecule has 0 aliphatic heterocycles. The monoisotopic (exact) mass is 518 g/mol. The molecule has 0 aliphatic rings. The van der Waals surface area contributed by atoms with Crippen molar-refractivity contribution >= 4 is 31.0 Å². The van der Waals surface area contributed by atoms with Crippen LogP contribution in [-0.2, 0) is 35.0 Å². The van der Waals surface area contributed by atoms with Crippen LogP contribution in [0.2, 0.25) is 0 Å². The van der Waals surface area contributed by atoms with Gasteiger partial charge in [0, 0.05) is 0 Å². The van der Waals surface area contributed by atoms with Gasteiger partial charge in [0.25, 0.3) is 11.9 Å². The molecule has 0 radical (unpaired) electrons. The number of unbranched alkanes of at least 4 members (excludes halogenated alkanes) is 4. The first-order valence-corrected chi connectivity index (χ1v) is 13.4. The molecule has 0 aliphatic carbocycles. The van der Waals surface area contributed by atoms with Crippen molar-refractivity contribution < 1.29 is 35.0 Å². The Morgan fingerprint density at radius 1 is 0.815 bits per heavy atom. The van der Waals surface area contributed by atoms with E-state index in [0.717, 1.165) is 38.5 Å². The number of esters is 2. The van der Waals surface area contributed by atoms with Gasteiger partial charge in [-0.2, -0.15) is 13.1 Å². The van der Waals surface area contributed by atoms with Crippen LogP contribution in [0.5, 0.6) is 0 Å². The summed E-state index contributed by atoms with van der Waals surface area (Å²) in [6.07, 6.45) is 6.09. The van der Waals surface area contributed by atoms with E-state index in [1.807, 2.05) is 0 Å². The number of ether oxygens (including phenoxy) is 2. The molecule has 0 saturated heterocycles. The second-order valence-electron chi connectivity index (χ2n) is 5.96. The van der Waals surface area contributed by atoms with Gasteiger partial charge in [0.1, 0.15) is 0 Å². The first kappa shape index (κ1) is 29.3. The fraction of sp³-hybridized carbons (Fsp3) is 0.889. The van der Waals surface area contributed by atoms with Gasteiger partial charge in [-0.1, -0.05) is 53.4 Å². The number of carbonyl (C=O) groups is 2. The molecule has 0 heterocycles. The van der Waals surface area contributed by atoms with Gasteiger partial charge in [0.2, 0.25) is 0 Å². The van der Waals surface area contributed by atoms with Crippen LogP contribution in [0.25, 0.3) is 10.6 Å². The Hall–Kier alpha value is 0.102. The Bertz CT molecular complexity index is 334. The van der Waals surface area contributed by atoms with Gasteiger partial charge in [0.05, 0.1) is 13.2 Å². The van der Waals surface area contributed by atoms with E-state index in [1.165, 1.54) is 0 Å². The van der Waals surface area contributed by atoms with Crippen molar-refractivity contribution in [3.8, 4) is 0 Å². The van der Waals surface area contributed by atoms with E-state index in [0.29, 0.717) is 26.3 Å². The van der Waals surface area contributed by atoms with Crippen LogP contribution >= 0.6 is 19.1 Å². The summed E-state index contributed by atoms with van der Waals surface area (Å²) in [5.74, 6) is -0.594. The molecular formula is C18H34Cl2N2O4Pd-2. The Labute approximate surface area is 180 Å². The van der Waals surface area contributed by atoms with Gasteiger partial charge in [-0.3, -0.25) is 9.59 Å². The van der Waals surface area contributed by atoms with Crippen LogP contribution in [0.15, 0.2) is 0 Å². The SMILES string of the molecule is CCCCCOC(=O)[C@H](C)[N-]CC[N-][C@@H](C)C(=O)OCCCCC.[Cl][Pd][Cl]. The second kappa shape index (κ2) is 22.4. The van der Waals surface area contributed by atoms with Crippen LogP contribution in [-0.4, -0.2) is 50.3 Å². The quantitative estimate of drug-likeness (QED) is 0.166. The minimum atomic E-state index is -0.488. The van der Waals surface area contributed by atoms with Crippen molar-refractivity contribution in [2.75, 3.05) is 26.3 Å². The van der Waals surface area contributed by atoms with Crippen molar-refractivity contribution in [3.05, 3.63) is 10.6 Å². The van der Waals surface area contributed by atoms with E-state index < -0.39 is 12.1 Å². The molecule has 9 heteroatoms. The second-order valence-corrected chi connectivity index (χ2v) is 8.32. The summed E-state index contributed by atoms with van der Waals surface area (Å²) < 4.78 is 10.3. The van der Waals surface area contributed by atoms with Crippen LogP contribution in [0.1, 0.15) is 66.2 Å². The number of hydrogen-bond donors (Lipinski definition) is 0. The summed E-state index contributed by atoms with van der Waals surface area (Å²) in [5.41, 5.74) is 0. The van der Waals surface area contributed by atoms with Gasteiger partial charge < -0.3 is 20.1 Å². The van der Waals surface area contributed by atoms with Crippen molar-refractivity contribution in [1.82, 2.24) is 0 Å². The van der Waals surface area contributed by atoms with Gasteiger partial charge >= 0.3 is 35.0 Å². The van der Waals surface area contributed by atoms with E-state index in [2.05, 4.69) is 24.5 Å². The fourth-order valence-corrected chi connectivity index (χ4v) is 1.94. The molecule has 0 N–H and O–H groups in total. The van der Waals surface area contributed by atoms with Gasteiger partial charge in [-0.15, -0.1) is 0 Å². The van der Waals surface area contributed by atoms with Crippen molar-refractivity contribution in [3.63, 3.8) is 0 Å². The zero-order valence-corrected chi connectivity index (χ0v) is 19.9. The third-order valence-corrected chi connectivity index (χ3v) is 3.57. The molecule has 6 nitrogen and oxygen atoms in total. The zero-order chi connectivity index (χ0) is 20.9. The standard InChI is InChI=1S/C18H34N2O4.2ClH.Pd/c1-5-7-9-13-23-17(21)15(3)19-11-12-20-16(4)18(22)24-14-10-8-6-2;;;/h15-16H,5-14H2,1-4H3;2*1H;/q-2;;;+2/p-2/t15-,16-;;;/m0.../s1. The minimum absolute atomic E-state index is 0.106. The van der Waals surface area contributed by atoms with Gasteiger partial charge in [0.15, 0.2) is 0 Å². The number of rotatable bonds is 15. The summed E-state index contributed by atoms with van der Waals surface area (Å²) >= 11 is -0.106. The molecular weight excluding hydrogens is 486 g/mol. The molecule has 0 aromatic carbocycles. The third kappa shape index (κ3) is 20.6. The average molecular weight is 520 g/mol. The van der Waals surface area contributed by atoms with Crippen LogP contribution in [0.3, 0.4) is 0 Å².